The molecule has 0 aromatic heterocycles. The van der Waals surface area contributed by atoms with Gasteiger partial charge in [0.2, 0.25) is 0 Å². The molecule has 2 saturated carbocycles. The van der Waals surface area contributed by atoms with E-state index < -0.39 is 16.8 Å². The fourth-order valence-corrected chi connectivity index (χ4v) is 9.54. The summed E-state index contributed by atoms with van der Waals surface area (Å²) in [5.74, 6) is -0.493. The van der Waals surface area contributed by atoms with Crippen LogP contribution in [-0.4, -0.2) is 57.8 Å². The molecule has 1 aliphatic heterocycles. The number of carbonyl (C=O) groups is 2. The van der Waals surface area contributed by atoms with Gasteiger partial charge >= 0.3 is 11.9 Å². The van der Waals surface area contributed by atoms with E-state index in [9.17, 15) is 19.8 Å². The second-order valence-electron chi connectivity index (χ2n) is 19.2. The number of aliphatic hydroxyl groups is 2. The average molecular weight is 791 g/mol. The third-order valence-corrected chi connectivity index (χ3v) is 12.5. The van der Waals surface area contributed by atoms with Crippen LogP contribution in [0.2, 0.25) is 0 Å². The smallest absolute Gasteiger partial charge is 0.306 e. The number of fused-ring (bicyclic) bond motifs is 1. The number of carbonyl (C=O) groups excluding carboxylic acids is 2. The van der Waals surface area contributed by atoms with Crippen LogP contribution in [0.5, 0.6) is 0 Å². The molecule has 1 unspecified atom stereocenters. The number of rotatable bonds is 21. The molecule has 1 heterocycles. The Morgan fingerprint density at radius 3 is 2.12 bits per heavy atom. The number of hydrogen-bond donors (Lipinski definition) is 2. The normalized spacial score (nSPS) is 30.6. The summed E-state index contributed by atoms with van der Waals surface area (Å²) in [6.45, 7) is 22.8. The van der Waals surface area contributed by atoms with E-state index in [0.717, 1.165) is 56.9 Å². The molecule has 0 aromatic carbocycles. The van der Waals surface area contributed by atoms with Crippen LogP contribution in [0.15, 0.2) is 83.1 Å². The van der Waals surface area contributed by atoms with E-state index in [1.165, 1.54) is 36.5 Å². The zero-order valence-corrected chi connectivity index (χ0v) is 37.5. The molecule has 6 atom stereocenters. The molecule has 57 heavy (non-hydrogen) atoms. The molecule has 1 saturated heterocycles. The van der Waals surface area contributed by atoms with Gasteiger partial charge in [-0.15, -0.1) is 0 Å². The summed E-state index contributed by atoms with van der Waals surface area (Å²) in [6.07, 6.45) is 33.1. The maximum atomic E-state index is 12.6. The summed E-state index contributed by atoms with van der Waals surface area (Å²) >= 11 is 0. The van der Waals surface area contributed by atoms with E-state index in [2.05, 4.69) is 105 Å². The largest absolute Gasteiger partial charge is 0.462 e. The number of aliphatic hydroxyl groups excluding tert-OH is 1. The number of unbranched alkanes of at least 4 members (excludes halogenated alkanes) is 5. The van der Waals surface area contributed by atoms with E-state index in [4.69, 9.17) is 14.2 Å². The van der Waals surface area contributed by atoms with Crippen molar-refractivity contribution in [1.29, 1.82) is 0 Å². The van der Waals surface area contributed by atoms with Crippen LogP contribution in [0.1, 0.15) is 166 Å². The number of allylic oxidation sites excluding steroid dienone is 10. The SMILES string of the molecule is CCCCCCCC(=O)OCC(=C\C=C\C(C)=C\CC/C=C(\C)CC/C=C(\C)C=CC1C(C)(C)C[C@H](OC(C)=O)C[C@@]1(C)O)/C=C/[C@@]12O[C@]1(C)C[C@@H](O)CC2(C)C. The second-order valence-corrected chi connectivity index (χ2v) is 19.2. The Balaban J connectivity index is 1.53. The number of esters is 2. The molecule has 7 heteroatoms. The van der Waals surface area contributed by atoms with Gasteiger partial charge in [0, 0.05) is 37.5 Å². The van der Waals surface area contributed by atoms with Crippen LogP contribution >= 0.6 is 0 Å². The Kier molecular flexibility index (Phi) is 18.1. The van der Waals surface area contributed by atoms with Crippen LogP contribution in [0.25, 0.3) is 0 Å². The second kappa shape index (κ2) is 21.3. The minimum atomic E-state index is -0.951. The van der Waals surface area contributed by atoms with Crippen molar-refractivity contribution in [2.24, 2.45) is 16.7 Å². The molecular formula is C50H78O7. The van der Waals surface area contributed by atoms with Gasteiger partial charge in [-0.1, -0.05) is 132 Å². The van der Waals surface area contributed by atoms with E-state index >= 15 is 0 Å². The number of ether oxygens (including phenoxy) is 3. The lowest BCUT2D eigenvalue weighted by Gasteiger charge is -2.49. The first kappa shape index (κ1) is 48.4. The van der Waals surface area contributed by atoms with Gasteiger partial charge in [-0.2, -0.15) is 0 Å². The molecule has 0 spiro atoms. The van der Waals surface area contributed by atoms with Crippen LogP contribution in [0, 0.1) is 16.7 Å². The highest BCUT2D eigenvalue weighted by Crippen LogP contribution is 2.66. The summed E-state index contributed by atoms with van der Waals surface area (Å²) < 4.78 is 17.6. The van der Waals surface area contributed by atoms with Gasteiger partial charge in [0.1, 0.15) is 23.9 Å². The van der Waals surface area contributed by atoms with Crippen molar-refractivity contribution in [3.05, 3.63) is 83.1 Å². The molecule has 0 radical (unpaired) electrons. The van der Waals surface area contributed by atoms with Crippen molar-refractivity contribution in [2.45, 2.75) is 195 Å². The monoisotopic (exact) mass is 791 g/mol. The van der Waals surface area contributed by atoms with Crippen molar-refractivity contribution in [2.75, 3.05) is 6.61 Å². The molecule has 7 nitrogen and oxygen atoms in total. The lowest BCUT2D eigenvalue weighted by Crippen LogP contribution is -2.51. The Morgan fingerprint density at radius 2 is 1.46 bits per heavy atom. The Labute approximate surface area is 346 Å². The van der Waals surface area contributed by atoms with Gasteiger partial charge in [-0.05, 0) is 96.6 Å². The summed E-state index contributed by atoms with van der Waals surface area (Å²) in [5, 5.41) is 21.8. The Hall–Kier alpha value is -3.00. The summed E-state index contributed by atoms with van der Waals surface area (Å²) in [6, 6.07) is 0. The maximum Gasteiger partial charge on any atom is 0.306 e. The number of hydrogen-bond acceptors (Lipinski definition) is 7. The lowest BCUT2D eigenvalue weighted by molar-refractivity contribution is -0.163. The van der Waals surface area contributed by atoms with Gasteiger partial charge in [0.25, 0.3) is 0 Å². The van der Waals surface area contributed by atoms with Crippen molar-refractivity contribution < 1.29 is 34.0 Å². The topological polar surface area (TPSA) is 106 Å². The third kappa shape index (κ3) is 14.7. The summed E-state index contributed by atoms with van der Waals surface area (Å²) in [5.41, 5.74) is 2.43. The molecule has 3 rings (SSSR count). The highest BCUT2D eigenvalue weighted by atomic mass is 16.6. The average Bonchev–Trinajstić information content (AvgIpc) is 3.71. The van der Waals surface area contributed by atoms with E-state index in [0.29, 0.717) is 25.7 Å². The van der Waals surface area contributed by atoms with Crippen LogP contribution in [0.3, 0.4) is 0 Å². The van der Waals surface area contributed by atoms with Gasteiger partial charge in [0.05, 0.1) is 11.7 Å². The minimum absolute atomic E-state index is 0.0398. The predicted octanol–water partition coefficient (Wildman–Crippen LogP) is 11.7. The van der Waals surface area contributed by atoms with Gasteiger partial charge in [-0.3, -0.25) is 9.59 Å². The van der Waals surface area contributed by atoms with E-state index in [-0.39, 0.29) is 47.5 Å². The molecular weight excluding hydrogens is 713 g/mol. The fourth-order valence-electron chi connectivity index (χ4n) is 9.54. The standard InChI is InChI=1S/C50H78O7/c1-12-13-14-15-16-27-45(53)55-36-41(30-31-50-47(8,9)32-42(52)33-49(50,11)57-50)26-20-25-38(3)22-18-17-21-37(2)23-19-24-39(4)28-29-44-46(6,7)34-43(56-40(5)51)35-48(44,10)54/h20-22,24-26,28-31,42-44,52,54H,12-19,23,27,32-36H2,1-11H3/b25-20+,29-28?,31-30+,37-21+,38-22+,39-24+,41-26-/t42-,43-,44?,48+,49+,50-/m0/s1. The van der Waals surface area contributed by atoms with Crippen molar-refractivity contribution in [1.82, 2.24) is 0 Å². The Morgan fingerprint density at radius 1 is 0.789 bits per heavy atom. The minimum Gasteiger partial charge on any atom is -0.462 e. The van der Waals surface area contributed by atoms with Crippen molar-refractivity contribution in [3.63, 3.8) is 0 Å². The molecule has 3 aliphatic rings. The highest BCUT2D eigenvalue weighted by molar-refractivity contribution is 5.69. The molecule has 0 amide bonds. The predicted molar refractivity (Wildman–Crippen MR) is 234 cm³/mol. The zero-order valence-electron chi connectivity index (χ0n) is 37.5. The lowest BCUT2D eigenvalue weighted by atomic mass is 9.61. The zero-order chi connectivity index (χ0) is 42.5. The Bertz CT molecular complexity index is 1550. The molecule has 0 aromatic rings. The summed E-state index contributed by atoms with van der Waals surface area (Å²) in [7, 11) is 0. The van der Waals surface area contributed by atoms with E-state index in [1.54, 1.807) is 0 Å². The molecule has 0 bridgehead atoms. The first-order chi connectivity index (χ1) is 26.6. The van der Waals surface area contributed by atoms with Crippen molar-refractivity contribution in [3.8, 4) is 0 Å². The molecule has 3 fully saturated rings. The summed E-state index contributed by atoms with van der Waals surface area (Å²) in [4.78, 5) is 24.1. The third-order valence-electron chi connectivity index (χ3n) is 12.5. The first-order valence-electron chi connectivity index (χ1n) is 21.8. The molecule has 320 valence electrons. The van der Waals surface area contributed by atoms with Gasteiger partial charge in [0.15, 0.2) is 0 Å². The van der Waals surface area contributed by atoms with Crippen LogP contribution in [0.4, 0.5) is 0 Å². The van der Waals surface area contributed by atoms with Crippen LogP contribution < -0.4 is 0 Å². The quantitative estimate of drug-likeness (QED) is 0.0392. The number of epoxide rings is 1. The highest BCUT2D eigenvalue weighted by Gasteiger charge is 2.74. The first-order valence-corrected chi connectivity index (χ1v) is 21.8. The van der Waals surface area contributed by atoms with Gasteiger partial charge in [-0.25, -0.2) is 0 Å². The van der Waals surface area contributed by atoms with Crippen LogP contribution in [-0.2, 0) is 23.8 Å². The maximum absolute atomic E-state index is 12.6. The van der Waals surface area contributed by atoms with Gasteiger partial charge < -0.3 is 24.4 Å². The fraction of sp³-hybridized carbons (Fsp3) is 0.680. The molecule has 2 N–H and O–H groups in total. The van der Waals surface area contributed by atoms with Crippen molar-refractivity contribution >= 4 is 11.9 Å². The van der Waals surface area contributed by atoms with E-state index in [1.807, 2.05) is 25.2 Å². The molecule has 2 aliphatic carbocycles.